The molecule has 0 spiro atoms. The van der Waals surface area contributed by atoms with Gasteiger partial charge in [0.05, 0.1) is 17.6 Å². The van der Waals surface area contributed by atoms with Gasteiger partial charge in [0.15, 0.2) is 5.11 Å². The van der Waals surface area contributed by atoms with E-state index in [-0.39, 0.29) is 17.7 Å². The van der Waals surface area contributed by atoms with E-state index in [0.29, 0.717) is 35.7 Å². The van der Waals surface area contributed by atoms with Crippen LogP contribution >= 0.6 is 12.2 Å². The lowest BCUT2D eigenvalue weighted by atomic mass is 10.2. The molecule has 2 aliphatic rings. The Morgan fingerprint density at radius 3 is 2.93 bits per heavy atom. The second kappa shape index (κ2) is 8.19. The van der Waals surface area contributed by atoms with Crippen LogP contribution in [0.15, 0.2) is 28.7 Å². The number of nitro benzene ring substituents is 1. The maximum atomic E-state index is 11.0. The Labute approximate surface area is 167 Å². The zero-order chi connectivity index (χ0) is 19.5. The van der Waals surface area contributed by atoms with Gasteiger partial charge < -0.3 is 19.4 Å². The molecule has 0 radical (unpaired) electrons. The molecule has 1 aliphatic carbocycles. The topological polar surface area (TPSA) is 107 Å². The van der Waals surface area contributed by atoms with E-state index in [1.54, 1.807) is 12.1 Å². The lowest BCUT2D eigenvalue weighted by molar-refractivity contribution is -0.384. The predicted molar refractivity (Wildman–Crippen MR) is 105 cm³/mol. The second-order valence-corrected chi connectivity index (χ2v) is 7.38. The highest BCUT2D eigenvalue weighted by Crippen LogP contribution is 2.29. The summed E-state index contributed by atoms with van der Waals surface area (Å²) in [6.45, 7) is 1.92. The van der Waals surface area contributed by atoms with Gasteiger partial charge in [0.25, 0.3) is 5.69 Å². The molecule has 2 heterocycles. The summed E-state index contributed by atoms with van der Waals surface area (Å²) in [7, 11) is 0. The summed E-state index contributed by atoms with van der Waals surface area (Å²) in [5, 5.41) is 23.0. The van der Waals surface area contributed by atoms with E-state index in [0.717, 1.165) is 32.3 Å². The molecule has 9 nitrogen and oxygen atoms in total. The monoisotopic (exact) mass is 403 g/mol. The Balaban J connectivity index is 1.41. The predicted octanol–water partition coefficient (Wildman–Crippen LogP) is 2.66. The van der Waals surface area contributed by atoms with Gasteiger partial charge in [0.1, 0.15) is 0 Å². The van der Waals surface area contributed by atoms with Crippen LogP contribution in [0.2, 0.25) is 0 Å². The summed E-state index contributed by atoms with van der Waals surface area (Å²) in [6.07, 6.45) is 4.51. The van der Waals surface area contributed by atoms with Crippen molar-refractivity contribution in [1.82, 2.24) is 20.4 Å². The maximum absolute atomic E-state index is 11.0. The first-order valence-corrected chi connectivity index (χ1v) is 9.74. The van der Waals surface area contributed by atoms with Crippen LogP contribution in [0.25, 0.3) is 11.5 Å². The molecule has 2 aromatic rings. The minimum atomic E-state index is -0.451. The third-order valence-electron chi connectivity index (χ3n) is 4.83. The number of non-ortho nitro benzene ring substituents is 1. The van der Waals surface area contributed by atoms with E-state index in [2.05, 4.69) is 20.4 Å². The van der Waals surface area contributed by atoms with E-state index in [1.165, 1.54) is 12.1 Å². The van der Waals surface area contributed by atoms with Gasteiger partial charge in [-0.25, -0.2) is 0 Å². The van der Waals surface area contributed by atoms with Crippen LogP contribution in [0.5, 0.6) is 0 Å². The van der Waals surface area contributed by atoms with Crippen molar-refractivity contribution in [2.45, 2.75) is 44.4 Å². The summed E-state index contributed by atoms with van der Waals surface area (Å²) in [6, 6.07) is 6.52. The van der Waals surface area contributed by atoms with Crippen LogP contribution in [0, 0.1) is 10.1 Å². The zero-order valence-electron chi connectivity index (χ0n) is 15.2. The number of benzene rings is 1. The first-order chi connectivity index (χ1) is 13.6. The third kappa shape index (κ3) is 4.45. The summed E-state index contributed by atoms with van der Waals surface area (Å²) < 4.78 is 11.4. The van der Waals surface area contributed by atoms with Crippen LogP contribution in [-0.2, 0) is 11.3 Å². The van der Waals surface area contributed by atoms with Crippen molar-refractivity contribution in [3.63, 3.8) is 0 Å². The molecule has 1 saturated carbocycles. The minimum absolute atomic E-state index is 0.0173. The molecule has 0 amide bonds. The molecule has 2 fully saturated rings. The van der Waals surface area contributed by atoms with Gasteiger partial charge in [-0.05, 0) is 44.0 Å². The van der Waals surface area contributed by atoms with Crippen LogP contribution in [0.4, 0.5) is 5.69 Å². The number of rotatable bonds is 7. The lowest BCUT2D eigenvalue weighted by Gasteiger charge is -2.25. The third-order valence-corrected chi connectivity index (χ3v) is 5.21. The van der Waals surface area contributed by atoms with Crippen molar-refractivity contribution < 1.29 is 14.1 Å². The number of nitrogens with zero attached hydrogens (tertiary/aromatic N) is 4. The van der Waals surface area contributed by atoms with Gasteiger partial charge in [-0.2, -0.15) is 0 Å². The highest BCUT2D eigenvalue weighted by molar-refractivity contribution is 7.80. The number of thiocarbonyl (C=S) groups is 1. The summed E-state index contributed by atoms with van der Waals surface area (Å²) in [5.41, 5.74) is 0.501. The number of hydrogen-bond acceptors (Lipinski definition) is 7. The van der Waals surface area contributed by atoms with Crippen LogP contribution in [-0.4, -0.2) is 50.4 Å². The molecular weight excluding hydrogens is 382 g/mol. The molecule has 1 atom stereocenters. The molecule has 1 aliphatic heterocycles. The van der Waals surface area contributed by atoms with Gasteiger partial charge in [-0.15, -0.1) is 10.2 Å². The SMILES string of the molecule is O=[N+]([O-])c1cccc(-c2nnc(CN(C(=S)NC[C@@H]3CCCO3)C3CC3)o2)c1. The standard InChI is InChI=1S/C18H21N5O4S/c24-23(25)14-4-1-3-12(9-14)17-21-20-16(27-17)11-22(13-6-7-13)18(28)19-10-15-5-2-8-26-15/h1,3-4,9,13,15H,2,5-8,10-11H2,(H,19,28)/t15-/m0/s1. The van der Waals surface area contributed by atoms with Gasteiger partial charge >= 0.3 is 0 Å². The average molecular weight is 403 g/mol. The molecular formula is C18H21N5O4S. The van der Waals surface area contributed by atoms with Gasteiger partial charge in [0.2, 0.25) is 11.8 Å². The Bertz CT molecular complexity index is 863. The van der Waals surface area contributed by atoms with Gasteiger partial charge in [-0.1, -0.05) is 6.07 Å². The largest absolute Gasteiger partial charge is 0.419 e. The van der Waals surface area contributed by atoms with E-state index in [1.807, 2.05) is 0 Å². The van der Waals surface area contributed by atoms with Crippen LogP contribution in [0.1, 0.15) is 31.6 Å². The minimum Gasteiger partial charge on any atom is -0.419 e. The Kier molecular flexibility index (Phi) is 5.49. The Morgan fingerprint density at radius 1 is 1.36 bits per heavy atom. The normalized spacial score (nSPS) is 18.8. The van der Waals surface area contributed by atoms with Crippen molar-refractivity contribution in [1.29, 1.82) is 0 Å². The lowest BCUT2D eigenvalue weighted by Crippen LogP contribution is -2.43. The Hall–Kier alpha value is -2.59. The quantitative estimate of drug-likeness (QED) is 0.424. The molecule has 28 heavy (non-hydrogen) atoms. The molecule has 1 aromatic heterocycles. The molecule has 0 unspecified atom stereocenters. The van der Waals surface area contributed by atoms with E-state index in [4.69, 9.17) is 21.4 Å². The van der Waals surface area contributed by atoms with Crippen molar-refractivity contribution in [3.8, 4) is 11.5 Å². The molecule has 1 aromatic carbocycles. The van der Waals surface area contributed by atoms with E-state index < -0.39 is 4.92 Å². The fraction of sp³-hybridized carbons (Fsp3) is 0.500. The first kappa shape index (κ1) is 18.8. The molecule has 1 saturated heterocycles. The maximum Gasteiger partial charge on any atom is 0.270 e. The number of aromatic nitrogens is 2. The van der Waals surface area contributed by atoms with Crippen molar-refractivity contribution in [2.24, 2.45) is 0 Å². The highest BCUT2D eigenvalue weighted by Gasteiger charge is 2.32. The fourth-order valence-electron chi connectivity index (χ4n) is 3.19. The molecule has 1 N–H and O–H groups in total. The number of nitrogens with one attached hydrogen (secondary N) is 1. The smallest absolute Gasteiger partial charge is 0.270 e. The van der Waals surface area contributed by atoms with Crippen molar-refractivity contribution in [3.05, 3.63) is 40.3 Å². The zero-order valence-corrected chi connectivity index (χ0v) is 16.1. The molecule has 10 heteroatoms. The molecule has 0 bridgehead atoms. The Morgan fingerprint density at radius 2 is 2.21 bits per heavy atom. The highest BCUT2D eigenvalue weighted by atomic mass is 32.1. The molecule has 4 rings (SSSR count). The summed E-state index contributed by atoms with van der Waals surface area (Å²) in [4.78, 5) is 12.6. The summed E-state index contributed by atoms with van der Waals surface area (Å²) in [5.74, 6) is 0.683. The van der Waals surface area contributed by atoms with Crippen molar-refractivity contribution >= 4 is 23.0 Å². The number of ether oxygens (including phenoxy) is 1. The number of nitro groups is 1. The second-order valence-electron chi connectivity index (χ2n) is 6.99. The van der Waals surface area contributed by atoms with Gasteiger partial charge in [0, 0.05) is 36.9 Å². The first-order valence-electron chi connectivity index (χ1n) is 9.33. The summed E-state index contributed by atoms with van der Waals surface area (Å²) >= 11 is 5.57. The van der Waals surface area contributed by atoms with Crippen molar-refractivity contribution in [2.75, 3.05) is 13.2 Å². The number of hydrogen-bond donors (Lipinski definition) is 1. The van der Waals surface area contributed by atoms with E-state index >= 15 is 0 Å². The van der Waals surface area contributed by atoms with Gasteiger partial charge in [-0.3, -0.25) is 10.1 Å². The van der Waals surface area contributed by atoms with Crippen LogP contribution in [0.3, 0.4) is 0 Å². The fourth-order valence-corrected chi connectivity index (χ4v) is 3.49. The van der Waals surface area contributed by atoms with Crippen LogP contribution < -0.4 is 5.32 Å². The average Bonchev–Trinajstić information content (AvgIpc) is 3.20. The molecule has 148 valence electrons. The van der Waals surface area contributed by atoms with E-state index in [9.17, 15) is 10.1 Å².